The summed E-state index contributed by atoms with van der Waals surface area (Å²) < 4.78 is 17.7. The molecule has 5 aromatic rings. The first kappa shape index (κ1) is 24.6. The van der Waals surface area contributed by atoms with E-state index in [0.717, 1.165) is 25.7 Å². The average molecular weight is 519 g/mol. The fourth-order valence-corrected chi connectivity index (χ4v) is 4.98. The standard InChI is InChI=1S/C33H26O6/c34-31-23-9-3-4-10-24(23)32(35)28-19-21(13-15-25(28)31)37-17-7-1-2-8-18-38-22-14-16-27-30(20-22)39-29-12-6-5-11-26(29)33(27)36/h3-6,9-16,19-20H,1-2,7-8,17-18H2. The van der Waals surface area contributed by atoms with Crippen molar-refractivity contribution < 1.29 is 23.5 Å². The van der Waals surface area contributed by atoms with Gasteiger partial charge >= 0.3 is 0 Å². The number of carbonyl (C=O) groups excluding carboxylic acids is 2. The molecule has 1 aliphatic rings. The van der Waals surface area contributed by atoms with E-state index >= 15 is 0 Å². The largest absolute Gasteiger partial charge is 0.494 e. The summed E-state index contributed by atoms with van der Waals surface area (Å²) in [5, 5.41) is 1.12. The molecule has 0 saturated carbocycles. The van der Waals surface area contributed by atoms with Gasteiger partial charge in [0.05, 0.1) is 24.0 Å². The van der Waals surface area contributed by atoms with Crippen LogP contribution in [0.2, 0.25) is 0 Å². The van der Waals surface area contributed by atoms with Crippen molar-refractivity contribution >= 4 is 33.5 Å². The summed E-state index contributed by atoms with van der Waals surface area (Å²) in [6.07, 6.45) is 3.69. The molecule has 1 heterocycles. The maximum absolute atomic E-state index is 12.9. The third-order valence-corrected chi connectivity index (χ3v) is 7.02. The minimum atomic E-state index is -0.146. The van der Waals surface area contributed by atoms with Crippen LogP contribution in [-0.2, 0) is 0 Å². The predicted octanol–water partition coefficient (Wildman–Crippen LogP) is 6.74. The summed E-state index contributed by atoms with van der Waals surface area (Å²) in [7, 11) is 0. The van der Waals surface area contributed by atoms with Crippen LogP contribution in [0.3, 0.4) is 0 Å². The van der Waals surface area contributed by atoms with E-state index in [4.69, 9.17) is 13.9 Å². The van der Waals surface area contributed by atoms with Crippen molar-refractivity contribution in [1.82, 2.24) is 0 Å². The third kappa shape index (κ3) is 4.81. The van der Waals surface area contributed by atoms with Crippen molar-refractivity contribution in [2.45, 2.75) is 25.7 Å². The number of rotatable bonds is 9. The van der Waals surface area contributed by atoms with Crippen molar-refractivity contribution in [2.24, 2.45) is 0 Å². The normalized spacial score (nSPS) is 12.4. The molecule has 0 fully saturated rings. The molecule has 6 heteroatoms. The molecule has 0 radical (unpaired) electrons. The molecule has 0 atom stereocenters. The minimum Gasteiger partial charge on any atom is -0.494 e. The second-order valence-electron chi connectivity index (χ2n) is 9.61. The Morgan fingerprint density at radius 2 is 1.08 bits per heavy atom. The maximum Gasteiger partial charge on any atom is 0.200 e. The molecule has 6 nitrogen and oxygen atoms in total. The predicted molar refractivity (Wildman–Crippen MR) is 149 cm³/mol. The van der Waals surface area contributed by atoms with Crippen LogP contribution in [0.4, 0.5) is 0 Å². The number of hydrogen-bond acceptors (Lipinski definition) is 6. The van der Waals surface area contributed by atoms with Gasteiger partial charge in [-0.1, -0.05) is 36.4 Å². The van der Waals surface area contributed by atoms with E-state index in [1.807, 2.05) is 12.1 Å². The van der Waals surface area contributed by atoms with Gasteiger partial charge in [-0.25, -0.2) is 0 Å². The molecule has 0 N–H and O–H groups in total. The molecule has 0 saturated heterocycles. The van der Waals surface area contributed by atoms with E-state index in [1.54, 1.807) is 72.8 Å². The third-order valence-electron chi connectivity index (χ3n) is 7.02. The molecule has 194 valence electrons. The highest BCUT2D eigenvalue weighted by molar-refractivity contribution is 6.28. The molecule has 0 unspecified atom stereocenters. The van der Waals surface area contributed by atoms with Crippen molar-refractivity contribution in [1.29, 1.82) is 0 Å². The summed E-state index contributed by atoms with van der Waals surface area (Å²) in [6, 6.07) is 24.6. The van der Waals surface area contributed by atoms with Gasteiger partial charge in [0.2, 0.25) is 5.43 Å². The molecule has 4 aromatic carbocycles. The van der Waals surface area contributed by atoms with Crippen LogP contribution in [0.5, 0.6) is 11.5 Å². The summed E-state index contributed by atoms with van der Waals surface area (Å²) in [5.41, 5.74) is 2.76. The number of benzene rings is 4. The molecular formula is C33H26O6. The van der Waals surface area contributed by atoms with Crippen LogP contribution < -0.4 is 14.9 Å². The second-order valence-corrected chi connectivity index (χ2v) is 9.61. The Kier molecular flexibility index (Phi) is 6.68. The summed E-state index contributed by atoms with van der Waals surface area (Å²) in [5.74, 6) is 0.990. The van der Waals surface area contributed by atoms with Crippen molar-refractivity contribution in [3.8, 4) is 11.5 Å². The van der Waals surface area contributed by atoms with E-state index in [9.17, 15) is 14.4 Å². The van der Waals surface area contributed by atoms with Gasteiger partial charge in [-0.05, 0) is 68.1 Å². The fraction of sp³-hybridized carbons (Fsp3) is 0.182. The Morgan fingerprint density at radius 1 is 0.513 bits per heavy atom. The first-order valence-corrected chi connectivity index (χ1v) is 13.1. The lowest BCUT2D eigenvalue weighted by Crippen LogP contribution is -2.20. The van der Waals surface area contributed by atoms with Crippen LogP contribution in [0.15, 0.2) is 94.1 Å². The van der Waals surface area contributed by atoms with Crippen LogP contribution >= 0.6 is 0 Å². The second kappa shape index (κ2) is 10.6. The first-order chi connectivity index (χ1) is 19.1. The van der Waals surface area contributed by atoms with Gasteiger partial charge in [-0.3, -0.25) is 14.4 Å². The van der Waals surface area contributed by atoms with E-state index in [0.29, 0.717) is 68.9 Å². The lowest BCUT2D eigenvalue weighted by Gasteiger charge is -2.18. The molecule has 0 amide bonds. The molecule has 1 aromatic heterocycles. The van der Waals surface area contributed by atoms with Gasteiger partial charge in [-0.15, -0.1) is 0 Å². The molecule has 0 aliphatic heterocycles. The van der Waals surface area contributed by atoms with E-state index in [-0.39, 0.29) is 17.0 Å². The quantitative estimate of drug-likeness (QED) is 0.156. The first-order valence-electron chi connectivity index (χ1n) is 13.1. The van der Waals surface area contributed by atoms with Gasteiger partial charge < -0.3 is 13.9 Å². The highest BCUT2D eigenvalue weighted by Gasteiger charge is 2.29. The Balaban J connectivity index is 0.961. The van der Waals surface area contributed by atoms with Crippen LogP contribution in [-0.4, -0.2) is 24.8 Å². The number of ketones is 2. The molecule has 0 bridgehead atoms. The Hall–Kier alpha value is -4.71. The van der Waals surface area contributed by atoms with Gasteiger partial charge in [0.25, 0.3) is 0 Å². The highest BCUT2D eigenvalue weighted by Crippen LogP contribution is 2.30. The van der Waals surface area contributed by atoms with Crippen LogP contribution in [0, 0.1) is 0 Å². The lowest BCUT2D eigenvalue weighted by atomic mass is 9.84. The molecular weight excluding hydrogens is 492 g/mol. The number of para-hydroxylation sites is 1. The number of fused-ring (bicyclic) bond motifs is 4. The van der Waals surface area contributed by atoms with Gasteiger partial charge in [0.15, 0.2) is 11.6 Å². The molecule has 39 heavy (non-hydrogen) atoms. The van der Waals surface area contributed by atoms with Crippen molar-refractivity contribution in [2.75, 3.05) is 13.2 Å². The Morgan fingerprint density at radius 3 is 1.82 bits per heavy atom. The SMILES string of the molecule is O=C1c2ccccc2C(=O)c2cc(OCCCCCCOc3ccc4c(=O)c5ccccc5oc4c3)ccc21. The molecule has 1 aliphatic carbocycles. The Bertz CT molecular complexity index is 1780. The van der Waals surface area contributed by atoms with Gasteiger partial charge in [-0.2, -0.15) is 0 Å². The van der Waals surface area contributed by atoms with Crippen LogP contribution in [0.25, 0.3) is 21.9 Å². The maximum atomic E-state index is 12.9. The number of unbranched alkanes of at least 4 members (excludes halogenated alkanes) is 3. The summed E-state index contributed by atoms with van der Waals surface area (Å²) >= 11 is 0. The number of ether oxygens (including phenoxy) is 2. The minimum absolute atomic E-state index is 0.0403. The average Bonchev–Trinajstić information content (AvgIpc) is 2.97. The zero-order valence-electron chi connectivity index (χ0n) is 21.3. The summed E-state index contributed by atoms with van der Waals surface area (Å²) in [4.78, 5) is 38.3. The lowest BCUT2D eigenvalue weighted by molar-refractivity contribution is 0.0978. The smallest absolute Gasteiger partial charge is 0.200 e. The highest BCUT2D eigenvalue weighted by atomic mass is 16.5. The van der Waals surface area contributed by atoms with Crippen molar-refractivity contribution in [3.63, 3.8) is 0 Å². The van der Waals surface area contributed by atoms with E-state index < -0.39 is 0 Å². The van der Waals surface area contributed by atoms with Crippen molar-refractivity contribution in [3.05, 3.63) is 117 Å². The topological polar surface area (TPSA) is 82.8 Å². The monoisotopic (exact) mass is 518 g/mol. The van der Waals surface area contributed by atoms with E-state index in [2.05, 4.69) is 0 Å². The zero-order valence-corrected chi connectivity index (χ0v) is 21.3. The zero-order chi connectivity index (χ0) is 26.8. The summed E-state index contributed by atoms with van der Waals surface area (Å²) in [6.45, 7) is 1.09. The van der Waals surface area contributed by atoms with Crippen LogP contribution in [0.1, 0.15) is 57.5 Å². The fourth-order valence-electron chi connectivity index (χ4n) is 4.98. The Labute approximate surface area is 224 Å². The van der Waals surface area contributed by atoms with E-state index in [1.165, 1.54) is 0 Å². The number of carbonyl (C=O) groups is 2. The molecule has 0 spiro atoms. The molecule has 6 rings (SSSR count). The van der Waals surface area contributed by atoms with Gasteiger partial charge in [0, 0.05) is 28.3 Å². The van der Waals surface area contributed by atoms with Gasteiger partial charge in [0.1, 0.15) is 22.7 Å². The number of hydrogen-bond donors (Lipinski definition) is 0.